The lowest BCUT2D eigenvalue weighted by molar-refractivity contribution is -0.274. The number of halogens is 4. The maximum absolute atomic E-state index is 15.5. The van der Waals surface area contributed by atoms with Crippen LogP contribution in [-0.4, -0.2) is 95.7 Å². The number of ether oxygens (including phenoxy) is 5. The molecule has 0 aliphatic heterocycles. The molecule has 56 heavy (non-hydrogen) atoms. The van der Waals surface area contributed by atoms with Crippen molar-refractivity contribution in [2.45, 2.75) is 117 Å². The van der Waals surface area contributed by atoms with E-state index in [9.17, 15) is 37.1 Å². The Morgan fingerprint density at radius 3 is 1.82 bits per heavy atom. The van der Waals surface area contributed by atoms with Crippen LogP contribution in [0.4, 0.5) is 22.4 Å². The molecule has 0 aromatic heterocycles. The maximum Gasteiger partial charge on any atom is 0.573 e. The third-order valence-corrected chi connectivity index (χ3v) is 8.13. The number of nitrogens with zero attached hydrogens (tertiary/aromatic N) is 2. The molecule has 2 aromatic carbocycles. The summed E-state index contributed by atoms with van der Waals surface area (Å²) in [5.74, 6) is -4.93. The largest absolute Gasteiger partial charge is 0.573 e. The molecule has 0 saturated carbocycles. The molecule has 4 atom stereocenters. The Kier molecular flexibility index (Phi) is 16.5. The molecule has 0 radical (unpaired) electrons. The summed E-state index contributed by atoms with van der Waals surface area (Å²) >= 11 is 0. The molecule has 0 spiro atoms. The van der Waals surface area contributed by atoms with Crippen LogP contribution >= 0.6 is 0 Å². The van der Waals surface area contributed by atoms with E-state index in [1.165, 1.54) is 26.1 Å². The molecule has 0 aliphatic carbocycles. The first-order valence-electron chi connectivity index (χ1n) is 17.8. The number of benzene rings is 2. The molecule has 12 nitrogen and oxygen atoms in total. The van der Waals surface area contributed by atoms with E-state index >= 15 is 4.39 Å². The number of hydrogen-bond donors (Lipinski definition) is 0. The van der Waals surface area contributed by atoms with Gasteiger partial charge in [-0.1, -0.05) is 62.9 Å². The zero-order valence-electron chi connectivity index (χ0n) is 33.4. The second-order valence-corrected chi connectivity index (χ2v) is 15.1. The first-order valence-corrected chi connectivity index (χ1v) is 17.8. The second-order valence-electron chi connectivity index (χ2n) is 15.1. The molecule has 310 valence electrons. The van der Waals surface area contributed by atoms with Crippen LogP contribution in [0.3, 0.4) is 0 Å². The van der Waals surface area contributed by atoms with Gasteiger partial charge in [0.15, 0.2) is 12.1 Å². The van der Waals surface area contributed by atoms with E-state index in [4.69, 9.17) is 18.9 Å². The summed E-state index contributed by atoms with van der Waals surface area (Å²) in [4.78, 5) is 69.2. The number of alkyl halides is 4. The number of esters is 3. The standard InChI is InChI=1S/C40H52F4N2O10/c1-24(2)21-30(45(10)37(51)56-38(5,6)7)34(48)53-26(4)33(47)46(11)32(25(3)39(8,9)41)36(50)54-31(35(49)52-23-28-15-13-12-14-16-28)22-27-17-19-29(20-18-27)55-40(42,43)44/h12-20,24,26,30-32H,3,21-23H2,1-2,4-11H3/t26-,30+,31-,32-/m1/s1. The highest BCUT2D eigenvalue weighted by molar-refractivity contribution is 5.92. The van der Waals surface area contributed by atoms with Gasteiger partial charge in [-0.2, -0.15) is 0 Å². The van der Waals surface area contributed by atoms with Crippen LogP contribution in [0.1, 0.15) is 72.9 Å². The summed E-state index contributed by atoms with van der Waals surface area (Å²) in [6.07, 6.45) is -9.33. The highest BCUT2D eigenvalue weighted by Crippen LogP contribution is 2.28. The van der Waals surface area contributed by atoms with Crippen LogP contribution in [-0.2, 0) is 51.2 Å². The van der Waals surface area contributed by atoms with Crippen LogP contribution < -0.4 is 4.74 Å². The van der Waals surface area contributed by atoms with Gasteiger partial charge < -0.3 is 28.6 Å². The molecule has 0 saturated heterocycles. The normalized spacial score (nSPS) is 14.1. The average molecular weight is 797 g/mol. The summed E-state index contributed by atoms with van der Waals surface area (Å²) < 4.78 is 79.5. The van der Waals surface area contributed by atoms with E-state index in [1.807, 2.05) is 13.8 Å². The van der Waals surface area contributed by atoms with Crippen molar-refractivity contribution in [2.75, 3.05) is 14.1 Å². The van der Waals surface area contributed by atoms with Gasteiger partial charge >= 0.3 is 30.4 Å². The van der Waals surface area contributed by atoms with E-state index < -0.39 is 89.6 Å². The van der Waals surface area contributed by atoms with Crippen molar-refractivity contribution < 1.29 is 65.2 Å². The van der Waals surface area contributed by atoms with Gasteiger partial charge in [0, 0.05) is 20.5 Å². The minimum absolute atomic E-state index is 0.0983. The minimum atomic E-state index is -4.95. The fourth-order valence-corrected chi connectivity index (χ4v) is 5.14. The van der Waals surface area contributed by atoms with Gasteiger partial charge in [0.1, 0.15) is 29.7 Å². The molecule has 0 unspecified atom stereocenters. The van der Waals surface area contributed by atoms with Crippen LogP contribution in [0, 0.1) is 5.92 Å². The summed E-state index contributed by atoms with van der Waals surface area (Å²) in [5.41, 5.74) is -2.80. The maximum atomic E-state index is 15.5. The molecular formula is C40H52F4N2O10. The fourth-order valence-electron chi connectivity index (χ4n) is 5.14. The van der Waals surface area contributed by atoms with Crippen molar-refractivity contribution in [3.05, 3.63) is 77.9 Å². The van der Waals surface area contributed by atoms with Gasteiger partial charge in [-0.3, -0.25) is 9.69 Å². The van der Waals surface area contributed by atoms with Gasteiger partial charge in [-0.05, 0) is 82.7 Å². The Labute approximate surface area is 325 Å². The van der Waals surface area contributed by atoms with Crippen molar-refractivity contribution in [3.63, 3.8) is 0 Å². The summed E-state index contributed by atoms with van der Waals surface area (Å²) in [6, 6.07) is 9.88. The van der Waals surface area contributed by atoms with E-state index in [1.54, 1.807) is 51.1 Å². The molecule has 0 bridgehead atoms. The average Bonchev–Trinajstić information content (AvgIpc) is 3.07. The van der Waals surface area contributed by atoms with Gasteiger partial charge in [0.2, 0.25) is 6.10 Å². The van der Waals surface area contributed by atoms with Gasteiger partial charge in [0.05, 0.1) is 0 Å². The zero-order valence-corrected chi connectivity index (χ0v) is 33.4. The molecule has 2 rings (SSSR count). The summed E-state index contributed by atoms with van der Waals surface area (Å²) in [6.45, 7) is 15.4. The van der Waals surface area contributed by atoms with Crippen LogP contribution in [0.2, 0.25) is 0 Å². The Hall–Kier alpha value is -5.15. The van der Waals surface area contributed by atoms with E-state index in [0.29, 0.717) is 5.56 Å². The molecule has 2 aromatic rings. The lowest BCUT2D eigenvalue weighted by Gasteiger charge is -2.34. The first-order chi connectivity index (χ1) is 25.7. The van der Waals surface area contributed by atoms with E-state index in [2.05, 4.69) is 11.3 Å². The molecule has 16 heteroatoms. The summed E-state index contributed by atoms with van der Waals surface area (Å²) in [7, 11) is 2.47. The molecule has 0 aliphatic rings. The second kappa shape index (κ2) is 19.6. The molecule has 2 amide bonds. The van der Waals surface area contributed by atoms with Gasteiger partial charge in [-0.25, -0.2) is 23.6 Å². The fraction of sp³-hybridized carbons (Fsp3) is 0.525. The predicted octanol–water partition coefficient (Wildman–Crippen LogP) is 7.13. The third-order valence-electron chi connectivity index (χ3n) is 8.13. The lowest BCUT2D eigenvalue weighted by Crippen LogP contribution is -2.53. The quantitative estimate of drug-likeness (QED) is 0.0704. The van der Waals surface area contributed by atoms with E-state index in [-0.39, 0.29) is 24.5 Å². The van der Waals surface area contributed by atoms with Gasteiger partial charge in [0.25, 0.3) is 5.91 Å². The highest BCUT2D eigenvalue weighted by atomic mass is 19.4. The van der Waals surface area contributed by atoms with E-state index in [0.717, 1.165) is 42.8 Å². The van der Waals surface area contributed by atoms with Gasteiger partial charge in [-0.15, -0.1) is 13.2 Å². The highest BCUT2D eigenvalue weighted by Gasteiger charge is 2.42. The monoisotopic (exact) mass is 796 g/mol. The molecule has 0 heterocycles. The lowest BCUT2D eigenvalue weighted by atomic mass is 9.93. The first kappa shape index (κ1) is 47.0. The number of likely N-dealkylation sites (N-methyl/N-ethyl adjacent to an activating group) is 2. The number of rotatable bonds is 17. The number of amides is 2. The smallest absolute Gasteiger partial charge is 0.458 e. The van der Waals surface area contributed by atoms with Crippen molar-refractivity contribution in [1.82, 2.24) is 9.80 Å². The number of hydrogen-bond acceptors (Lipinski definition) is 10. The predicted molar refractivity (Wildman–Crippen MR) is 197 cm³/mol. The molecule has 0 N–H and O–H groups in total. The third kappa shape index (κ3) is 15.2. The van der Waals surface area contributed by atoms with Crippen molar-refractivity contribution in [2.24, 2.45) is 5.92 Å². The molecule has 0 fully saturated rings. The SMILES string of the molecule is C=C([C@H](C(=O)O[C@H](Cc1ccc(OC(F)(F)F)cc1)C(=O)OCc1ccccc1)N(C)C(=O)[C@@H](C)OC(=O)[C@H](CC(C)C)N(C)C(=O)OC(C)(C)C)C(C)(C)F. The topological polar surface area (TPSA) is 138 Å². The van der Waals surface area contributed by atoms with Crippen molar-refractivity contribution in [3.8, 4) is 5.75 Å². The molecular weight excluding hydrogens is 744 g/mol. The Balaban J connectivity index is 2.41. The summed E-state index contributed by atoms with van der Waals surface area (Å²) in [5, 5.41) is 0. The van der Waals surface area contributed by atoms with Crippen LogP contribution in [0.25, 0.3) is 0 Å². The van der Waals surface area contributed by atoms with Crippen LogP contribution in [0.15, 0.2) is 66.7 Å². The Morgan fingerprint density at radius 1 is 0.750 bits per heavy atom. The van der Waals surface area contributed by atoms with Crippen molar-refractivity contribution >= 4 is 29.9 Å². The Bertz CT molecular complexity index is 1670. The minimum Gasteiger partial charge on any atom is -0.458 e. The van der Waals surface area contributed by atoms with Crippen molar-refractivity contribution in [1.29, 1.82) is 0 Å². The van der Waals surface area contributed by atoms with Crippen LogP contribution in [0.5, 0.6) is 5.75 Å². The zero-order chi connectivity index (χ0) is 42.8. The number of carbonyl (C=O) groups is 5. The Morgan fingerprint density at radius 2 is 1.32 bits per heavy atom. The number of carbonyl (C=O) groups excluding carboxylic acids is 5.